The topological polar surface area (TPSA) is 88.2 Å². The Bertz CT molecular complexity index is 624. The molecule has 0 radical (unpaired) electrons. The molecule has 0 aromatic heterocycles. The minimum absolute atomic E-state index is 0.204. The summed E-state index contributed by atoms with van der Waals surface area (Å²) in [6.07, 6.45) is 0. The molecule has 2 amide bonds. The van der Waals surface area contributed by atoms with Gasteiger partial charge in [0.25, 0.3) is 0 Å². The predicted octanol–water partition coefficient (Wildman–Crippen LogP) is 1.58. The zero-order valence-electron chi connectivity index (χ0n) is 15.2. The maximum atomic E-state index is 12.3. The Hall–Kier alpha value is -2.61. The molecule has 1 saturated heterocycles. The van der Waals surface area contributed by atoms with Crippen molar-refractivity contribution in [2.24, 2.45) is 0 Å². The highest BCUT2D eigenvalue weighted by atomic mass is 16.5. The van der Waals surface area contributed by atoms with Crippen molar-refractivity contribution in [1.82, 2.24) is 9.80 Å². The van der Waals surface area contributed by atoms with Crippen molar-refractivity contribution >= 4 is 23.7 Å². The number of ether oxygens (including phenoxy) is 2. The van der Waals surface area contributed by atoms with Gasteiger partial charge in [0.2, 0.25) is 0 Å². The summed E-state index contributed by atoms with van der Waals surface area (Å²) in [5, 5.41) is 2.81. The molecule has 2 rings (SSSR count). The number of rotatable bonds is 6. The largest absolute Gasteiger partial charge is 0.465 e. The molecule has 1 aromatic rings. The van der Waals surface area contributed by atoms with E-state index < -0.39 is 0 Å². The van der Waals surface area contributed by atoms with Crippen LogP contribution < -0.4 is 5.32 Å². The monoisotopic (exact) mass is 363 g/mol. The van der Waals surface area contributed by atoms with E-state index in [1.807, 2.05) is 4.90 Å². The molecule has 8 heteroatoms. The fourth-order valence-corrected chi connectivity index (χ4v) is 2.60. The average Bonchev–Trinajstić information content (AvgIpc) is 2.63. The van der Waals surface area contributed by atoms with Crippen LogP contribution in [-0.2, 0) is 14.3 Å². The Morgan fingerprint density at radius 1 is 0.962 bits per heavy atom. The Morgan fingerprint density at radius 3 is 2.15 bits per heavy atom. The van der Waals surface area contributed by atoms with E-state index in [1.54, 1.807) is 43.0 Å². The Kier molecular flexibility index (Phi) is 7.40. The van der Waals surface area contributed by atoms with Crippen LogP contribution in [0, 0.1) is 0 Å². The smallest absolute Gasteiger partial charge is 0.338 e. The molecule has 0 atom stereocenters. The lowest BCUT2D eigenvalue weighted by Gasteiger charge is -2.34. The number of piperazine rings is 1. The molecule has 8 nitrogen and oxygen atoms in total. The van der Waals surface area contributed by atoms with E-state index in [0.29, 0.717) is 50.6 Å². The first-order valence-corrected chi connectivity index (χ1v) is 8.74. The SMILES string of the molecule is CCOC(=O)CN1CCN(C(=O)Nc2ccc(C(=O)OCC)cc2)CC1. The van der Waals surface area contributed by atoms with E-state index >= 15 is 0 Å². The summed E-state index contributed by atoms with van der Waals surface area (Å²) < 4.78 is 9.86. The van der Waals surface area contributed by atoms with Gasteiger partial charge < -0.3 is 19.7 Å². The predicted molar refractivity (Wildman–Crippen MR) is 96.1 cm³/mol. The van der Waals surface area contributed by atoms with Gasteiger partial charge in [-0.25, -0.2) is 9.59 Å². The number of urea groups is 1. The van der Waals surface area contributed by atoms with E-state index in [9.17, 15) is 14.4 Å². The summed E-state index contributed by atoms with van der Waals surface area (Å²) >= 11 is 0. The standard InChI is InChI=1S/C18H25N3O5/c1-3-25-16(22)13-20-9-11-21(12-10-20)18(24)19-15-7-5-14(6-8-15)17(23)26-4-2/h5-8H,3-4,9-13H2,1-2H3,(H,19,24). The van der Waals surface area contributed by atoms with E-state index in [4.69, 9.17) is 9.47 Å². The second-order valence-electron chi connectivity index (χ2n) is 5.80. The maximum Gasteiger partial charge on any atom is 0.338 e. The number of carbonyl (C=O) groups excluding carboxylic acids is 3. The van der Waals surface area contributed by atoms with Gasteiger partial charge in [0.05, 0.1) is 25.3 Å². The highest BCUT2D eigenvalue weighted by Gasteiger charge is 2.22. The van der Waals surface area contributed by atoms with Gasteiger partial charge >= 0.3 is 18.0 Å². The molecular weight excluding hydrogens is 338 g/mol. The molecule has 0 aliphatic carbocycles. The summed E-state index contributed by atoms with van der Waals surface area (Å²) in [4.78, 5) is 39.1. The summed E-state index contributed by atoms with van der Waals surface area (Å²) in [6, 6.07) is 6.36. The van der Waals surface area contributed by atoms with Gasteiger partial charge in [0, 0.05) is 31.9 Å². The van der Waals surface area contributed by atoms with Crippen molar-refractivity contribution < 1.29 is 23.9 Å². The first-order valence-electron chi connectivity index (χ1n) is 8.74. The number of nitrogens with one attached hydrogen (secondary N) is 1. The van der Waals surface area contributed by atoms with Gasteiger partial charge in [0.15, 0.2) is 0 Å². The van der Waals surface area contributed by atoms with Crippen LogP contribution in [0.3, 0.4) is 0 Å². The summed E-state index contributed by atoms with van der Waals surface area (Å²) in [5.74, 6) is -0.629. The number of nitrogens with zero attached hydrogens (tertiary/aromatic N) is 2. The molecule has 1 aliphatic rings. The van der Waals surface area contributed by atoms with Gasteiger partial charge in [-0.2, -0.15) is 0 Å². The maximum absolute atomic E-state index is 12.3. The molecule has 1 aliphatic heterocycles. The normalized spacial score (nSPS) is 14.6. The fourth-order valence-electron chi connectivity index (χ4n) is 2.60. The molecule has 1 fully saturated rings. The average molecular weight is 363 g/mol. The molecule has 26 heavy (non-hydrogen) atoms. The highest BCUT2D eigenvalue weighted by molar-refractivity contribution is 5.92. The molecule has 0 bridgehead atoms. The number of carbonyl (C=O) groups is 3. The highest BCUT2D eigenvalue weighted by Crippen LogP contribution is 2.12. The Labute approximate surface area is 153 Å². The number of esters is 2. The third kappa shape index (κ3) is 5.73. The molecular formula is C18H25N3O5. The first kappa shape index (κ1) is 19.7. The molecule has 142 valence electrons. The Morgan fingerprint density at radius 2 is 1.58 bits per heavy atom. The van der Waals surface area contributed by atoms with Crippen LogP contribution in [0.5, 0.6) is 0 Å². The summed E-state index contributed by atoms with van der Waals surface area (Å²) in [7, 11) is 0. The van der Waals surface area contributed by atoms with Crippen LogP contribution in [0.4, 0.5) is 10.5 Å². The lowest BCUT2D eigenvalue weighted by molar-refractivity contribution is -0.144. The third-order valence-electron chi connectivity index (χ3n) is 3.96. The number of anilines is 1. The van der Waals surface area contributed by atoms with Crippen molar-refractivity contribution in [2.75, 3.05) is 51.3 Å². The van der Waals surface area contributed by atoms with Crippen molar-refractivity contribution in [2.45, 2.75) is 13.8 Å². The molecule has 0 unspecified atom stereocenters. The van der Waals surface area contributed by atoms with Gasteiger partial charge in [-0.1, -0.05) is 0 Å². The lowest BCUT2D eigenvalue weighted by atomic mass is 10.2. The zero-order valence-corrected chi connectivity index (χ0v) is 15.2. The van der Waals surface area contributed by atoms with Gasteiger partial charge in [-0.15, -0.1) is 0 Å². The fraction of sp³-hybridized carbons (Fsp3) is 0.500. The zero-order chi connectivity index (χ0) is 18.9. The van der Waals surface area contributed by atoms with Crippen LogP contribution in [-0.4, -0.2) is 73.7 Å². The first-order chi connectivity index (χ1) is 12.5. The van der Waals surface area contributed by atoms with Gasteiger partial charge in [-0.3, -0.25) is 9.69 Å². The number of benzene rings is 1. The van der Waals surface area contributed by atoms with Crippen molar-refractivity contribution in [3.63, 3.8) is 0 Å². The van der Waals surface area contributed by atoms with Gasteiger partial charge in [0.1, 0.15) is 0 Å². The molecule has 1 aromatic carbocycles. The van der Waals surface area contributed by atoms with Crippen LogP contribution in [0.2, 0.25) is 0 Å². The van der Waals surface area contributed by atoms with Crippen molar-refractivity contribution in [1.29, 1.82) is 0 Å². The number of hydrogen-bond donors (Lipinski definition) is 1. The van der Waals surface area contributed by atoms with Crippen LogP contribution in [0.25, 0.3) is 0 Å². The minimum Gasteiger partial charge on any atom is -0.465 e. The van der Waals surface area contributed by atoms with E-state index in [2.05, 4.69) is 5.32 Å². The quantitative estimate of drug-likeness (QED) is 0.772. The van der Waals surface area contributed by atoms with E-state index in [1.165, 1.54) is 0 Å². The molecule has 0 spiro atoms. The molecule has 1 heterocycles. The van der Waals surface area contributed by atoms with E-state index in [-0.39, 0.29) is 24.5 Å². The molecule has 0 saturated carbocycles. The van der Waals surface area contributed by atoms with Crippen LogP contribution >= 0.6 is 0 Å². The van der Waals surface area contributed by atoms with Gasteiger partial charge in [-0.05, 0) is 38.1 Å². The lowest BCUT2D eigenvalue weighted by Crippen LogP contribution is -2.51. The third-order valence-corrected chi connectivity index (χ3v) is 3.96. The second-order valence-corrected chi connectivity index (χ2v) is 5.80. The van der Waals surface area contributed by atoms with E-state index in [0.717, 1.165) is 0 Å². The van der Waals surface area contributed by atoms with Crippen molar-refractivity contribution in [3.8, 4) is 0 Å². The number of amides is 2. The minimum atomic E-state index is -0.386. The number of hydrogen-bond acceptors (Lipinski definition) is 6. The van der Waals surface area contributed by atoms with Crippen LogP contribution in [0.1, 0.15) is 24.2 Å². The molecule has 1 N–H and O–H groups in total. The summed E-state index contributed by atoms with van der Waals surface area (Å²) in [5.41, 5.74) is 1.05. The van der Waals surface area contributed by atoms with Crippen LogP contribution in [0.15, 0.2) is 24.3 Å². The second kappa shape index (κ2) is 9.76. The Balaban J connectivity index is 1.80. The van der Waals surface area contributed by atoms with Crippen molar-refractivity contribution in [3.05, 3.63) is 29.8 Å². The summed E-state index contributed by atoms with van der Waals surface area (Å²) in [6.45, 7) is 6.77.